The Labute approximate surface area is 183 Å². The molecule has 0 spiro atoms. The van der Waals surface area contributed by atoms with Crippen LogP contribution < -0.4 is 10.2 Å². The first-order valence-electron chi connectivity index (χ1n) is 10.3. The van der Waals surface area contributed by atoms with Crippen molar-refractivity contribution in [3.05, 3.63) is 69.3 Å². The van der Waals surface area contributed by atoms with Crippen LogP contribution in [-0.2, 0) is 23.9 Å². The van der Waals surface area contributed by atoms with Crippen molar-refractivity contribution < 1.29 is 22.9 Å². The van der Waals surface area contributed by atoms with Crippen molar-refractivity contribution in [3.63, 3.8) is 0 Å². The molecule has 1 saturated heterocycles. The summed E-state index contributed by atoms with van der Waals surface area (Å²) in [5.41, 5.74) is 1.20. The zero-order chi connectivity index (χ0) is 23.0. The molecule has 0 bridgehead atoms. The van der Waals surface area contributed by atoms with Crippen molar-refractivity contribution >= 4 is 17.3 Å². The molecule has 2 aromatic rings. The van der Waals surface area contributed by atoms with Gasteiger partial charge in [-0.3, -0.25) is 14.9 Å². The van der Waals surface area contributed by atoms with E-state index >= 15 is 0 Å². The molecule has 32 heavy (non-hydrogen) atoms. The van der Waals surface area contributed by atoms with E-state index in [1.807, 2.05) is 7.05 Å². The number of rotatable bonds is 4. The van der Waals surface area contributed by atoms with Gasteiger partial charge in [-0.15, -0.1) is 0 Å². The van der Waals surface area contributed by atoms with E-state index in [9.17, 15) is 28.1 Å². The van der Waals surface area contributed by atoms with E-state index in [-0.39, 0.29) is 24.2 Å². The molecule has 170 valence electrons. The molecule has 0 aromatic heterocycles. The van der Waals surface area contributed by atoms with Crippen LogP contribution in [0.2, 0.25) is 0 Å². The summed E-state index contributed by atoms with van der Waals surface area (Å²) in [6.45, 7) is 2.11. The highest BCUT2D eigenvalue weighted by atomic mass is 19.4. The number of alkyl halides is 3. The summed E-state index contributed by atoms with van der Waals surface area (Å²) in [5.74, 6) is -0.747. The Morgan fingerprint density at radius 1 is 1.22 bits per heavy atom. The second kappa shape index (κ2) is 8.42. The topological polar surface area (TPSA) is 78.7 Å². The van der Waals surface area contributed by atoms with Gasteiger partial charge in [-0.2, -0.15) is 13.2 Å². The van der Waals surface area contributed by atoms with Gasteiger partial charge in [0.05, 0.1) is 22.4 Å². The van der Waals surface area contributed by atoms with E-state index in [2.05, 4.69) is 15.1 Å². The second-order valence-electron chi connectivity index (χ2n) is 8.32. The number of fused-ring (bicyclic) bond motifs is 3. The zero-order valence-electron chi connectivity index (χ0n) is 17.4. The largest absolute Gasteiger partial charge is 0.416 e. The van der Waals surface area contributed by atoms with E-state index in [0.717, 1.165) is 29.9 Å². The van der Waals surface area contributed by atoms with Crippen LogP contribution in [0, 0.1) is 16.0 Å². The molecule has 2 aliphatic rings. The van der Waals surface area contributed by atoms with Gasteiger partial charge in [0.15, 0.2) is 0 Å². The average molecular weight is 448 g/mol. The van der Waals surface area contributed by atoms with E-state index in [1.165, 1.54) is 24.3 Å². The number of piperazine rings is 1. The van der Waals surface area contributed by atoms with Crippen molar-refractivity contribution in [3.8, 4) is 0 Å². The highest BCUT2D eigenvalue weighted by Crippen LogP contribution is 2.37. The van der Waals surface area contributed by atoms with E-state index in [4.69, 9.17) is 0 Å². The molecule has 0 aliphatic carbocycles. The Morgan fingerprint density at radius 2 is 2.00 bits per heavy atom. The first-order chi connectivity index (χ1) is 15.1. The monoisotopic (exact) mass is 448 g/mol. The Bertz CT molecular complexity index is 1040. The number of amides is 1. The Morgan fingerprint density at radius 3 is 2.72 bits per heavy atom. The van der Waals surface area contributed by atoms with Crippen molar-refractivity contribution in [2.45, 2.75) is 25.2 Å². The van der Waals surface area contributed by atoms with Gasteiger partial charge in [0, 0.05) is 44.0 Å². The van der Waals surface area contributed by atoms with E-state index < -0.39 is 22.6 Å². The van der Waals surface area contributed by atoms with Crippen LogP contribution in [0.1, 0.15) is 16.7 Å². The highest BCUT2D eigenvalue weighted by Gasteiger charge is 2.41. The fraction of sp³-hybridized carbons (Fsp3) is 0.409. The van der Waals surface area contributed by atoms with Crippen LogP contribution in [0.25, 0.3) is 0 Å². The number of hydrogen-bond donors (Lipinski definition) is 1. The van der Waals surface area contributed by atoms with Crippen LogP contribution in [0.15, 0.2) is 42.5 Å². The molecular formula is C22H23F3N4O3. The van der Waals surface area contributed by atoms with Gasteiger partial charge in [0.25, 0.3) is 5.69 Å². The number of nitrogens with one attached hydrogen (secondary N) is 1. The molecule has 2 aliphatic heterocycles. The lowest BCUT2D eigenvalue weighted by Crippen LogP contribution is -2.60. The number of halogens is 3. The summed E-state index contributed by atoms with van der Waals surface area (Å²) in [6.07, 6.45) is -4.12. The second-order valence-corrected chi connectivity index (χ2v) is 8.32. The summed E-state index contributed by atoms with van der Waals surface area (Å²) in [5, 5.41) is 14.0. The maximum atomic E-state index is 13.1. The normalized spacial score (nSPS) is 20.9. The first-order valence-corrected chi connectivity index (χ1v) is 10.3. The molecule has 1 fully saturated rings. The minimum absolute atomic E-state index is 0.0242. The lowest BCUT2D eigenvalue weighted by molar-refractivity contribution is -0.384. The van der Waals surface area contributed by atoms with Gasteiger partial charge in [0.2, 0.25) is 5.91 Å². The summed E-state index contributed by atoms with van der Waals surface area (Å²) in [4.78, 5) is 28.1. The predicted octanol–water partition coefficient (Wildman–Crippen LogP) is 3.22. The number of non-ortho nitro benzene ring substituents is 1. The zero-order valence-corrected chi connectivity index (χ0v) is 17.4. The number of nitrogens with zero attached hydrogens (tertiary/aromatic N) is 3. The summed E-state index contributed by atoms with van der Waals surface area (Å²) in [7, 11) is 1.97. The van der Waals surface area contributed by atoms with Crippen molar-refractivity contribution in [1.82, 2.24) is 10.2 Å². The van der Waals surface area contributed by atoms with Crippen molar-refractivity contribution in [1.29, 1.82) is 0 Å². The molecule has 0 radical (unpaired) electrons. The highest BCUT2D eigenvalue weighted by molar-refractivity contribution is 5.82. The van der Waals surface area contributed by atoms with Crippen LogP contribution in [0.4, 0.5) is 24.5 Å². The van der Waals surface area contributed by atoms with Crippen LogP contribution in [0.5, 0.6) is 0 Å². The lowest BCUT2D eigenvalue weighted by atomic mass is 9.83. The maximum Gasteiger partial charge on any atom is 0.416 e. The third-order valence-electron chi connectivity index (χ3n) is 6.17. The summed E-state index contributed by atoms with van der Waals surface area (Å²) < 4.78 is 38.9. The molecule has 4 rings (SSSR count). The first kappa shape index (κ1) is 22.1. The quantitative estimate of drug-likeness (QED) is 0.574. The molecule has 2 heterocycles. The number of nitro benzene ring substituents is 1. The van der Waals surface area contributed by atoms with Gasteiger partial charge in [0.1, 0.15) is 0 Å². The molecule has 0 saturated carbocycles. The lowest BCUT2D eigenvalue weighted by Gasteiger charge is -2.48. The molecule has 1 N–H and O–H groups in total. The molecule has 7 nitrogen and oxygen atoms in total. The van der Waals surface area contributed by atoms with Crippen molar-refractivity contribution in [2.75, 3.05) is 31.6 Å². The van der Waals surface area contributed by atoms with Crippen molar-refractivity contribution in [2.24, 2.45) is 5.92 Å². The minimum Gasteiger partial charge on any atom is -0.365 e. The van der Waals surface area contributed by atoms with Gasteiger partial charge in [-0.05, 0) is 42.8 Å². The van der Waals surface area contributed by atoms with Gasteiger partial charge < -0.3 is 15.1 Å². The van der Waals surface area contributed by atoms with Crippen LogP contribution in [0.3, 0.4) is 0 Å². The number of hydrogen-bond acceptors (Lipinski definition) is 5. The Kier molecular flexibility index (Phi) is 5.81. The van der Waals surface area contributed by atoms with E-state index in [0.29, 0.717) is 25.1 Å². The average Bonchev–Trinajstić information content (AvgIpc) is 2.75. The Hall–Kier alpha value is -3.14. The number of carbonyl (C=O) groups is 1. The molecule has 0 unspecified atom stereocenters. The molecule has 10 heteroatoms. The number of likely N-dealkylation sites (N-methyl/N-ethyl adjacent to an activating group) is 1. The molecular weight excluding hydrogens is 425 g/mol. The van der Waals surface area contributed by atoms with Gasteiger partial charge in [-0.25, -0.2) is 0 Å². The smallest absolute Gasteiger partial charge is 0.365 e. The number of carbonyl (C=O) groups excluding carboxylic acids is 1. The van der Waals surface area contributed by atoms with Crippen LogP contribution in [-0.4, -0.2) is 48.5 Å². The van der Waals surface area contributed by atoms with Crippen LogP contribution >= 0.6 is 0 Å². The fourth-order valence-electron chi connectivity index (χ4n) is 4.54. The molecule has 2 atom stereocenters. The maximum absolute atomic E-state index is 13.1. The third kappa shape index (κ3) is 4.40. The predicted molar refractivity (Wildman–Crippen MR) is 112 cm³/mol. The number of nitro groups is 1. The summed E-state index contributed by atoms with van der Waals surface area (Å²) >= 11 is 0. The molecule has 2 aromatic carbocycles. The summed E-state index contributed by atoms with van der Waals surface area (Å²) in [6, 6.07) is 9.48. The third-order valence-corrected chi connectivity index (χ3v) is 6.17. The molecule has 1 amide bonds. The Balaban J connectivity index is 1.56. The van der Waals surface area contributed by atoms with Gasteiger partial charge in [-0.1, -0.05) is 12.1 Å². The standard InChI is InChI=1S/C22H23F3N4O3/c1-27-7-8-28-19-6-5-17(29(31)32)10-15(19)11-18(20(28)13-27)21(30)26-12-14-3-2-4-16(9-14)22(23,24)25/h2-6,9-10,18,20H,7-8,11-13H2,1H3,(H,26,30)/t18-,20+/m0/s1. The number of anilines is 1. The minimum atomic E-state index is -4.45. The van der Waals surface area contributed by atoms with Gasteiger partial charge >= 0.3 is 6.18 Å². The SMILES string of the molecule is CN1CCN2c3ccc([N+](=O)[O-])cc3C[C@H](C(=O)NCc3cccc(C(F)(F)F)c3)[C@H]2C1. The number of benzene rings is 2. The van der Waals surface area contributed by atoms with E-state index in [1.54, 1.807) is 6.07 Å². The fourth-order valence-corrected chi connectivity index (χ4v) is 4.54.